The molecule has 0 spiro atoms. The monoisotopic (exact) mass is 180 g/mol. The third-order valence-corrected chi connectivity index (χ3v) is 2.98. The Morgan fingerprint density at radius 3 is 1.91 bits per heavy atom. The van der Waals surface area contributed by atoms with Gasteiger partial charge in [0.25, 0.3) is 10.1 Å². The van der Waals surface area contributed by atoms with E-state index in [9.17, 15) is 8.42 Å². The normalized spacial score (nSPS) is 15.4. The maximum absolute atomic E-state index is 10.7. The minimum atomic E-state index is -3.81. The third kappa shape index (κ3) is 4.37. The summed E-state index contributed by atoms with van der Waals surface area (Å²) in [6.07, 6.45) is 1.02. The molecular formula is C7H16O3S. The highest BCUT2D eigenvalue weighted by molar-refractivity contribution is 7.86. The zero-order chi connectivity index (χ0) is 9.07. The lowest BCUT2D eigenvalue weighted by molar-refractivity contribution is 0.441. The van der Waals surface area contributed by atoms with Crippen LogP contribution in [0.2, 0.25) is 0 Å². The fraction of sp³-hybridized carbons (Fsp3) is 1.00. The smallest absolute Gasteiger partial charge is 0.267 e. The first-order valence-electron chi connectivity index (χ1n) is 3.84. The molecule has 3 nitrogen and oxygen atoms in total. The molecule has 0 aromatic rings. The Bertz CT molecular complexity index is 194. The van der Waals surface area contributed by atoms with Crippen LogP contribution in [0.1, 0.15) is 33.6 Å². The van der Waals surface area contributed by atoms with Crippen molar-refractivity contribution in [1.29, 1.82) is 0 Å². The van der Waals surface area contributed by atoms with Gasteiger partial charge in [0.2, 0.25) is 0 Å². The Labute approximate surface area is 68.6 Å². The first-order valence-corrected chi connectivity index (χ1v) is 5.34. The summed E-state index contributed by atoms with van der Waals surface area (Å²) in [6.45, 7) is 5.64. The van der Waals surface area contributed by atoms with Gasteiger partial charge in [0.15, 0.2) is 0 Å². The van der Waals surface area contributed by atoms with E-state index in [0.29, 0.717) is 18.8 Å². The molecule has 0 rings (SSSR count). The Morgan fingerprint density at radius 1 is 1.36 bits per heavy atom. The molecule has 1 N–H and O–H groups in total. The van der Waals surface area contributed by atoms with Crippen molar-refractivity contribution in [3.63, 3.8) is 0 Å². The second-order valence-corrected chi connectivity index (χ2v) is 4.87. The van der Waals surface area contributed by atoms with Crippen molar-refractivity contribution in [3.8, 4) is 0 Å². The van der Waals surface area contributed by atoms with Crippen molar-refractivity contribution in [3.05, 3.63) is 0 Å². The molecule has 1 atom stereocenters. The van der Waals surface area contributed by atoms with Gasteiger partial charge in [0.1, 0.15) is 0 Å². The summed E-state index contributed by atoms with van der Waals surface area (Å²) in [5.41, 5.74) is 0. The highest BCUT2D eigenvalue weighted by Crippen LogP contribution is 2.14. The Balaban J connectivity index is 4.20. The van der Waals surface area contributed by atoms with E-state index in [4.69, 9.17) is 4.55 Å². The quantitative estimate of drug-likeness (QED) is 0.670. The van der Waals surface area contributed by atoms with E-state index in [1.54, 1.807) is 6.92 Å². The molecule has 1 unspecified atom stereocenters. The van der Waals surface area contributed by atoms with Crippen LogP contribution in [0.4, 0.5) is 0 Å². The minimum absolute atomic E-state index is 0.307. The van der Waals surface area contributed by atoms with E-state index >= 15 is 0 Å². The predicted molar refractivity (Wildman–Crippen MR) is 45.1 cm³/mol. The summed E-state index contributed by atoms with van der Waals surface area (Å²) in [6, 6.07) is 0. The molecule has 0 bridgehead atoms. The van der Waals surface area contributed by atoms with Crippen LogP contribution >= 0.6 is 0 Å². The molecule has 0 heterocycles. The van der Waals surface area contributed by atoms with Gasteiger partial charge in [-0.1, -0.05) is 20.8 Å². The first-order chi connectivity index (χ1) is 4.88. The fourth-order valence-electron chi connectivity index (χ4n) is 1.02. The van der Waals surface area contributed by atoms with Crippen LogP contribution in [0.15, 0.2) is 0 Å². The van der Waals surface area contributed by atoms with Crippen LogP contribution in [-0.2, 0) is 10.1 Å². The van der Waals surface area contributed by atoms with Crippen LogP contribution < -0.4 is 0 Å². The van der Waals surface area contributed by atoms with Gasteiger partial charge < -0.3 is 0 Å². The van der Waals surface area contributed by atoms with Gasteiger partial charge in [-0.25, -0.2) is 0 Å². The lowest BCUT2D eigenvalue weighted by Gasteiger charge is -2.12. The van der Waals surface area contributed by atoms with E-state index in [0.717, 1.165) is 0 Å². The van der Waals surface area contributed by atoms with Gasteiger partial charge in [-0.05, 0) is 18.8 Å². The number of rotatable bonds is 4. The van der Waals surface area contributed by atoms with E-state index in [1.807, 2.05) is 13.8 Å². The summed E-state index contributed by atoms with van der Waals surface area (Å²) in [4.78, 5) is 0. The maximum Gasteiger partial charge on any atom is 0.267 e. The van der Waals surface area contributed by atoms with E-state index in [-0.39, 0.29) is 0 Å². The molecule has 0 saturated carbocycles. The molecular weight excluding hydrogens is 164 g/mol. The van der Waals surface area contributed by atoms with Crippen LogP contribution in [0.25, 0.3) is 0 Å². The highest BCUT2D eigenvalue weighted by atomic mass is 32.2. The van der Waals surface area contributed by atoms with Gasteiger partial charge >= 0.3 is 0 Å². The standard InChI is InChI=1S/C7H16O3S/c1-4-7(5-6(2)3)11(8,9)10/h6-7H,4-5H2,1-3H3,(H,8,9,10). The minimum Gasteiger partial charge on any atom is -0.285 e. The second-order valence-electron chi connectivity index (χ2n) is 3.17. The molecule has 0 aliphatic heterocycles. The van der Waals surface area contributed by atoms with E-state index in [1.165, 1.54) is 0 Å². The van der Waals surface area contributed by atoms with Crippen molar-refractivity contribution in [2.45, 2.75) is 38.9 Å². The highest BCUT2D eigenvalue weighted by Gasteiger charge is 2.21. The zero-order valence-electron chi connectivity index (χ0n) is 7.24. The summed E-state index contributed by atoms with van der Waals surface area (Å²) in [5.74, 6) is 0.307. The Morgan fingerprint density at radius 2 is 1.82 bits per heavy atom. The molecule has 68 valence electrons. The predicted octanol–water partition coefficient (Wildman–Crippen LogP) is 1.70. The van der Waals surface area contributed by atoms with Crippen LogP contribution in [0, 0.1) is 5.92 Å². The Hall–Kier alpha value is -0.0900. The average Bonchev–Trinajstić information content (AvgIpc) is 1.79. The van der Waals surface area contributed by atoms with Crippen LogP contribution in [0.5, 0.6) is 0 Å². The van der Waals surface area contributed by atoms with Gasteiger partial charge in [-0.2, -0.15) is 8.42 Å². The molecule has 0 aliphatic rings. The molecule has 0 saturated heterocycles. The third-order valence-electron chi connectivity index (χ3n) is 1.61. The molecule has 0 aromatic heterocycles. The van der Waals surface area contributed by atoms with Crippen molar-refractivity contribution in [1.82, 2.24) is 0 Å². The molecule has 4 heteroatoms. The van der Waals surface area contributed by atoms with E-state index in [2.05, 4.69) is 0 Å². The lowest BCUT2D eigenvalue weighted by atomic mass is 10.1. The van der Waals surface area contributed by atoms with Crippen molar-refractivity contribution in [2.75, 3.05) is 0 Å². The summed E-state index contributed by atoms with van der Waals surface area (Å²) < 4.78 is 30.0. The van der Waals surface area contributed by atoms with Crippen molar-refractivity contribution >= 4 is 10.1 Å². The summed E-state index contributed by atoms with van der Waals surface area (Å²) >= 11 is 0. The van der Waals surface area contributed by atoms with Crippen molar-refractivity contribution < 1.29 is 13.0 Å². The molecule has 11 heavy (non-hydrogen) atoms. The Kier molecular flexibility index (Phi) is 4.03. The van der Waals surface area contributed by atoms with Crippen molar-refractivity contribution in [2.24, 2.45) is 5.92 Å². The largest absolute Gasteiger partial charge is 0.285 e. The SMILES string of the molecule is CCC(CC(C)C)S(=O)(=O)O. The molecule has 0 amide bonds. The second kappa shape index (κ2) is 4.07. The maximum atomic E-state index is 10.7. The average molecular weight is 180 g/mol. The van der Waals surface area contributed by atoms with Gasteiger partial charge in [0.05, 0.1) is 5.25 Å². The van der Waals surface area contributed by atoms with E-state index < -0.39 is 15.4 Å². The number of hydrogen-bond acceptors (Lipinski definition) is 2. The van der Waals surface area contributed by atoms with Crippen LogP contribution in [-0.4, -0.2) is 18.2 Å². The van der Waals surface area contributed by atoms with Gasteiger partial charge in [0, 0.05) is 0 Å². The zero-order valence-corrected chi connectivity index (χ0v) is 8.06. The fourth-order valence-corrected chi connectivity index (χ4v) is 2.07. The number of hydrogen-bond donors (Lipinski definition) is 1. The molecule has 0 aromatic carbocycles. The van der Waals surface area contributed by atoms with Gasteiger partial charge in [-0.3, -0.25) is 4.55 Å². The first kappa shape index (κ1) is 10.9. The summed E-state index contributed by atoms with van der Waals surface area (Å²) in [5, 5.41) is -0.581. The summed E-state index contributed by atoms with van der Waals surface area (Å²) in [7, 11) is -3.81. The molecule has 0 fully saturated rings. The molecule has 0 radical (unpaired) electrons. The topological polar surface area (TPSA) is 54.4 Å². The molecule has 0 aliphatic carbocycles. The van der Waals surface area contributed by atoms with Gasteiger partial charge in [-0.15, -0.1) is 0 Å². The lowest BCUT2D eigenvalue weighted by Crippen LogP contribution is -2.21. The van der Waals surface area contributed by atoms with Crippen LogP contribution in [0.3, 0.4) is 0 Å².